The SMILES string of the molecule is CC12c3cc(/C=C/c4cccc([N+](=O)[O-])c4)c(/C=C/c4cccc([N+](=O)[O-])c4)cc3C3(C)c4cc(/C=C/c5cccc([N+](=O)[O-])c5)c(/C=C/c5cccc([N+](=O)[O-])c5)cc4C(C)(c4cc(/C=C/c5cccc([N+](=O)[O-])c5)c(/C=C/c5cccc([N+](=O)[O-])c5)cc41)C23C. The molecule has 0 atom stereocenters. The number of hydrogen-bond acceptors (Lipinski definition) is 12. The zero-order chi connectivity index (χ0) is 65.0. The Bertz CT molecular complexity index is 4120. The van der Waals surface area contributed by atoms with Gasteiger partial charge in [0.05, 0.1) is 29.5 Å². The third-order valence-electron chi connectivity index (χ3n) is 19.1. The van der Waals surface area contributed by atoms with Crippen molar-refractivity contribution in [3.63, 3.8) is 0 Å². The van der Waals surface area contributed by atoms with E-state index in [0.717, 1.165) is 66.8 Å². The molecule has 0 bridgehead atoms. The van der Waals surface area contributed by atoms with Crippen LogP contribution in [0.25, 0.3) is 72.9 Å². The maximum absolute atomic E-state index is 12.0. The Morgan fingerprint density at radius 3 is 0.533 bits per heavy atom. The summed E-state index contributed by atoms with van der Waals surface area (Å²) < 4.78 is 0. The molecule has 3 aliphatic rings. The lowest BCUT2D eigenvalue weighted by Crippen LogP contribution is -2.51. The molecule has 0 unspecified atom stereocenters. The summed E-state index contributed by atoms with van der Waals surface area (Å²) in [5, 5.41) is 72.2. The van der Waals surface area contributed by atoms with Crippen LogP contribution >= 0.6 is 0 Å². The highest BCUT2D eigenvalue weighted by molar-refractivity contribution is 5.90. The van der Waals surface area contributed by atoms with E-state index in [-0.39, 0.29) is 34.1 Å². The zero-order valence-corrected chi connectivity index (χ0v) is 49.8. The van der Waals surface area contributed by atoms with Gasteiger partial charge in [0.2, 0.25) is 0 Å². The highest BCUT2D eigenvalue weighted by atomic mass is 16.6. The first kappa shape index (κ1) is 60.1. The van der Waals surface area contributed by atoms with Crippen molar-refractivity contribution in [1.82, 2.24) is 0 Å². The van der Waals surface area contributed by atoms with Crippen molar-refractivity contribution >= 4 is 107 Å². The normalized spacial score (nSPS) is 19.3. The number of nitrogens with zero attached hydrogens (tertiary/aromatic N) is 6. The first-order valence-corrected chi connectivity index (χ1v) is 29.1. The molecule has 0 fully saturated rings. The maximum atomic E-state index is 12.0. The first-order chi connectivity index (χ1) is 44.0. The molecule has 9 aromatic carbocycles. The topological polar surface area (TPSA) is 259 Å². The molecule has 0 amide bonds. The van der Waals surface area contributed by atoms with E-state index in [9.17, 15) is 60.7 Å². The Kier molecular flexibility index (Phi) is 15.1. The van der Waals surface area contributed by atoms with Crippen LogP contribution in [0.5, 0.6) is 0 Å². The molecule has 18 nitrogen and oxygen atoms in total. The van der Waals surface area contributed by atoms with Gasteiger partial charge in [0.15, 0.2) is 0 Å². The Morgan fingerprint density at radius 2 is 0.391 bits per heavy atom. The van der Waals surface area contributed by atoms with Gasteiger partial charge in [0.25, 0.3) is 34.1 Å². The number of nitro groups is 6. The fourth-order valence-electron chi connectivity index (χ4n) is 14.4. The second kappa shape index (κ2) is 23.1. The van der Waals surface area contributed by atoms with E-state index >= 15 is 0 Å². The lowest BCUT2D eigenvalue weighted by molar-refractivity contribution is -0.385. The van der Waals surface area contributed by atoms with Crippen LogP contribution in [0.3, 0.4) is 0 Å². The van der Waals surface area contributed by atoms with Gasteiger partial charge in [0, 0.05) is 94.5 Å². The fourth-order valence-corrected chi connectivity index (χ4v) is 14.4. The van der Waals surface area contributed by atoms with Gasteiger partial charge in [-0.2, -0.15) is 0 Å². The lowest BCUT2D eigenvalue weighted by Gasteiger charge is -2.49. The predicted molar refractivity (Wildman–Crippen MR) is 359 cm³/mol. The summed E-state index contributed by atoms with van der Waals surface area (Å²) in [6.45, 7) is 9.05. The number of benzene rings is 9. The van der Waals surface area contributed by atoms with Gasteiger partial charge < -0.3 is 0 Å². The van der Waals surface area contributed by atoms with E-state index < -0.39 is 51.2 Å². The average molecular weight is 1220 g/mol. The molecule has 452 valence electrons. The van der Waals surface area contributed by atoms with Gasteiger partial charge in [-0.1, -0.05) is 173 Å². The summed E-state index contributed by atoms with van der Waals surface area (Å²) in [5.41, 5.74) is 9.38. The van der Waals surface area contributed by atoms with Crippen molar-refractivity contribution in [3.8, 4) is 0 Å². The molecule has 12 rings (SSSR count). The van der Waals surface area contributed by atoms with Crippen molar-refractivity contribution in [2.24, 2.45) is 5.41 Å². The summed E-state index contributed by atoms with van der Waals surface area (Å²) in [5.74, 6) is 0. The minimum atomic E-state index is -0.912. The van der Waals surface area contributed by atoms with E-state index in [4.69, 9.17) is 0 Å². The van der Waals surface area contributed by atoms with Crippen LogP contribution in [0.1, 0.15) is 128 Å². The molecule has 0 spiro atoms. The Labute approximate surface area is 526 Å². The minimum absolute atomic E-state index is 0.0924. The standard InChI is InChI=1S/C74H54N6O12/c1-71-65-41-53(29-23-47-11-5-17-59(35-47)75(81)82)55(31-25-49-13-7-19-61(37-49)77(85)86)43-67(65)72(2)69-45-57(33-27-51-15-9-21-63(39-51)79(89)90)58(34-28-52-16-10-22-64(40-52)80(91)92)46-70(69)73(3,74(71,72)4)68-44-56(32-26-50-14-8-20-62(38-50)78(87)88)54(42-66(68)71)30-24-48-12-6-18-60(36-48)76(83)84/h5-46H,1-4H3/b29-23+,30-24+,31-25+,32-26+,33-27+,34-28+. The number of fused-ring (bicyclic) bond motifs is 9. The highest BCUT2D eigenvalue weighted by Crippen LogP contribution is 2.82. The smallest absolute Gasteiger partial charge is 0.258 e. The van der Waals surface area contributed by atoms with E-state index in [1.54, 1.807) is 72.8 Å². The molecular formula is C74H54N6O12. The summed E-state index contributed by atoms with van der Waals surface area (Å²) in [4.78, 5) is 69.4. The second-order valence-electron chi connectivity index (χ2n) is 23.7. The van der Waals surface area contributed by atoms with Crippen molar-refractivity contribution < 1.29 is 29.5 Å². The molecule has 18 heteroatoms. The Balaban J connectivity index is 1.17. The maximum Gasteiger partial charge on any atom is 0.270 e. The van der Waals surface area contributed by atoms with Crippen LogP contribution in [-0.4, -0.2) is 29.5 Å². The molecular weight excluding hydrogens is 1160 g/mol. The number of hydrogen-bond donors (Lipinski definition) is 0. The molecule has 92 heavy (non-hydrogen) atoms. The van der Waals surface area contributed by atoms with Crippen LogP contribution in [0.2, 0.25) is 0 Å². The fraction of sp³-hybridized carbons (Fsp3) is 0.108. The van der Waals surface area contributed by atoms with Crippen LogP contribution < -0.4 is 0 Å². The summed E-state index contributed by atoms with van der Waals surface area (Å²) in [7, 11) is 0. The predicted octanol–water partition coefficient (Wildman–Crippen LogP) is 18.4. The van der Waals surface area contributed by atoms with Crippen LogP contribution in [0, 0.1) is 66.1 Å². The molecule has 0 saturated carbocycles. The van der Waals surface area contributed by atoms with Crippen molar-refractivity contribution in [2.45, 2.75) is 43.9 Å². The van der Waals surface area contributed by atoms with Crippen molar-refractivity contribution in [3.05, 3.63) is 343 Å². The molecule has 9 aromatic rings. The average Bonchev–Trinajstić information content (AvgIpc) is 1.44. The van der Waals surface area contributed by atoms with E-state index in [1.165, 1.54) is 72.8 Å². The molecule has 0 radical (unpaired) electrons. The van der Waals surface area contributed by atoms with Gasteiger partial charge >= 0.3 is 0 Å². The third-order valence-corrected chi connectivity index (χ3v) is 19.1. The number of nitro benzene ring substituents is 6. The van der Waals surface area contributed by atoms with Crippen LogP contribution in [0.15, 0.2) is 182 Å². The molecule has 0 aromatic heterocycles. The summed E-state index contributed by atoms with van der Waals surface area (Å²) >= 11 is 0. The Hall–Kier alpha value is -12.2. The Morgan fingerprint density at radius 1 is 0.239 bits per heavy atom. The van der Waals surface area contributed by atoms with Gasteiger partial charge in [-0.25, -0.2) is 0 Å². The third kappa shape index (κ3) is 10.1. The number of non-ortho nitro benzene ring substituents is 6. The van der Waals surface area contributed by atoms with Crippen molar-refractivity contribution in [2.75, 3.05) is 0 Å². The van der Waals surface area contributed by atoms with Gasteiger partial charge in [-0.15, -0.1) is 0 Å². The molecule has 0 aliphatic heterocycles. The van der Waals surface area contributed by atoms with Crippen LogP contribution in [0.4, 0.5) is 34.1 Å². The molecule has 0 heterocycles. The van der Waals surface area contributed by atoms with Gasteiger partial charge in [-0.05, 0) is 137 Å². The molecule has 3 aliphatic carbocycles. The minimum Gasteiger partial charge on any atom is -0.258 e. The largest absolute Gasteiger partial charge is 0.270 e. The molecule has 0 N–H and O–H groups in total. The first-order valence-electron chi connectivity index (χ1n) is 29.1. The summed E-state index contributed by atoms with van der Waals surface area (Å²) in [6.07, 6.45) is 22.3. The zero-order valence-electron chi connectivity index (χ0n) is 49.8. The van der Waals surface area contributed by atoms with E-state index in [2.05, 4.69) is 64.1 Å². The van der Waals surface area contributed by atoms with Crippen LogP contribution in [-0.2, 0) is 16.2 Å². The quantitative estimate of drug-likeness (QED) is 0.0441. The summed E-state index contributed by atoms with van der Waals surface area (Å²) in [6, 6.07) is 50.7. The second-order valence-corrected chi connectivity index (χ2v) is 23.7. The monoisotopic (exact) mass is 1220 g/mol. The van der Waals surface area contributed by atoms with Gasteiger partial charge in [0.1, 0.15) is 0 Å². The van der Waals surface area contributed by atoms with Crippen molar-refractivity contribution in [1.29, 1.82) is 0 Å². The van der Waals surface area contributed by atoms with Gasteiger partial charge in [-0.3, -0.25) is 60.7 Å². The van der Waals surface area contributed by atoms with E-state index in [1.807, 2.05) is 72.9 Å². The highest BCUT2D eigenvalue weighted by Gasteiger charge is 2.80. The lowest BCUT2D eigenvalue weighted by atomic mass is 9.52. The van der Waals surface area contributed by atoms with E-state index in [0.29, 0.717) is 33.4 Å². The number of rotatable bonds is 18. The molecule has 0 saturated heterocycles.